The predicted molar refractivity (Wildman–Crippen MR) is 331 cm³/mol. The fourth-order valence-electron chi connectivity index (χ4n) is 10.6. The molecule has 16 aromatic rings. The van der Waals surface area contributed by atoms with Crippen molar-refractivity contribution in [1.29, 1.82) is 0 Å². The summed E-state index contributed by atoms with van der Waals surface area (Å²) in [5, 5.41) is 17.8. The van der Waals surface area contributed by atoms with E-state index in [0.717, 1.165) is 116 Å². The molecule has 0 spiro atoms. The molecule has 0 saturated carbocycles. The Balaban J connectivity index is 0.000000148. The quantitative estimate of drug-likeness (QED) is 0.0898. The number of para-hydroxylation sites is 2. The first-order chi connectivity index (χ1) is 40.5. The first kappa shape index (κ1) is 59.5. The number of benzene rings is 4. The molecule has 408 valence electrons. The predicted octanol–water partition coefficient (Wildman–Crippen LogP) is 15.6. The molecule has 0 N–H and O–H groups in total. The van der Waals surface area contributed by atoms with Crippen LogP contribution in [0.1, 0.15) is 11.4 Å². The second kappa shape index (κ2) is 25.5. The van der Waals surface area contributed by atoms with Crippen molar-refractivity contribution in [2.24, 2.45) is 0 Å². The van der Waals surface area contributed by atoms with E-state index in [0.29, 0.717) is 23.3 Å². The SMILES string of the molecule is Cc1[c-]c2c3nc(Oc4[c-]c5c(cc4)c4ccccc4n5-c4ccccn4)ccc3c3cnccc3n2n1.Cc1cc2c3nc(Oc4ccc5c6ccccc6n(-c6ccccn6)c5c4)ccc3c3cnccc3n2n1.[Cl][Pt]([Cl])([Cl])[Cl].[K][K].[Pt+2]. The number of ether oxygens (including phenoxy) is 2. The molecule has 4 aromatic carbocycles. The smallest absolute Gasteiger partial charge is 2.00 e. The van der Waals surface area contributed by atoms with Crippen LogP contribution in [0.5, 0.6) is 23.3 Å². The maximum atomic E-state index is 6.36. The van der Waals surface area contributed by atoms with E-state index < -0.39 is 11.9 Å². The average Bonchev–Trinajstić information content (AvgIpc) is 1.80. The van der Waals surface area contributed by atoms with Gasteiger partial charge in [-0.3, -0.25) is 19.1 Å². The van der Waals surface area contributed by atoms with Crippen LogP contribution in [0.3, 0.4) is 0 Å². The summed E-state index contributed by atoms with van der Waals surface area (Å²) >= 11 is -0.556. The molecule has 12 aromatic heterocycles. The molecule has 0 aliphatic carbocycles. The van der Waals surface area contributed by atoms with Gasteiger partial charge in [-0.2, -0.15) is 22.3 Å². The Morgan fingerprint density at radius 1 is 0.452 bits per heavy atom. The zero-order chi connectivity index (χ0) is 56.9. The van der Waals surface area contributed by atoms with Gasteiger partial charge in [0.2, 0.25) is 5.88 Å². The van der Waals surface area contributed by atoms with Gasteiger partial charge < -0.3 is 19.0 Å². The summed E-state index contributed by atoms with van der Waals surface area (Å²) in [6.45, 7) is 3.92. The summed E-state index contributed by atoms with van der Waals surface area (Å²) in [6.07, 6.45) is 10.9. The molecule has 16 rings (SSSR count). The number of hydrogen-bond acceptors (Lipinski definition) is 10. The zero-order valence-electron chi connectivity index (χ0n) is 44.8. The number of aryl methyl sites for hydroxylation is 2. The van der Waals surface area contributed by atoms with Gasteiger partial charge in [-0.1, -0.05) is 76.5 Å². The Kier molecular flexibility index (Phi) is 18.1. The van der Waals surface area contributed by atoms with Crippen molar-refractivity contribution in [2.75, 3.05) is 0 Å². The minimum absolute atomic E-state index is 0. The van der Waals surface area contributed by atoms with Crippen molar-refractivity contribution in [1.82, 2.24) is 58.3 Å². The minimum atomic E-state index is -3.06. The molecule has 14 nitrogen and oxygen atoms in total. The summed E-state index contributed by atoms with van der Waals surface area (Å²) in [6, 6.07) is 59.3. The summed E-state index contributed by atoms with van der Waals surface area (Å²) in [4.78, 5) is 27.7. The normalized spacial score (nSPS) is 11.7. The van der Waals surface area contributed by atoms with Crippen molar-refractivity contribution in [3.05, 3.63) is 218 Å². The molecule has 0 bridgehead atoms. The standard InChI is InChI=1S/C31H20N6O.C31H18N6O.4ClH.2K.2Pt/c2*1-19-16-28-31-23(24-18-32-15-13-26(24)37(28)35-19)11-12-30(34-31)38-20-9-10-22-21-6-2-3-7-25(21)36(27(22)17-20)29-8-4-5-14-33-29;;;;;;;;/h2-18H,1H3;2-15,18H,1H3;4*1H;;;;/q;-2;;;;;;;+2;+4/p-4. The Morgan fingerprint density at radius 3 is 1.67 bits per heavy atom. The van der Waals surface area contributed by atoms with Crippen LogP contribution in [0, 0.1) is 26.0 Å². The van der Waals surface area contributed by atoms with Gasteiger partial charge in [0, 0.05) is 87.5 Å². The topological polar surface area (TPSA) is 140 Å². The number of rotatable bonds is 6. The van der Waals surface area contributed by atoms with Gasteiger partial charge >= 0.3 is 134 Å². The number of nitrogens with zero attached hydrogens (tertiary/aromatic N) is 12. The molecular weight excluding hydrogens is 1550 g/mol. The Bertz CT molecular complexity index is 4820. The van der Waals surface area contributed by atoms with Gasteiger partial charge in [0.1, 0.15) is 22.9 Å². The molecule has 12 heterocycles. The molecule has 0 aliphatic heterocycles. The van der Waals surface area contributed by atoms with Gasteiger partial charge in [0.25, 0.3) is 0 Å². The second-order valence-electron chi connectivity index (χ2n) is 18.8. The molecule has 0 atom stereocenters. The largest absolute Gasteiger partial charge is 2.00 e. The third-order valence-electron chi connectivity index (χ3n) is 13.8. The number of aromatic nitrogens is 12. The first-order valence-electron chi connectivity index (χ1n) is 26.1. The van der Waals surface area contributed by atoms with E-state index in [1.807, 2.05) is 139 Å². The third-order valence-corrected chi connectivity index (χ3v) is 13.8. The van der Waals surface area contributed by atoms with Crippen molar-refractivity contribution >= 4 is 199 Å². The van der Waals surface area contributed by atoms with Gasteiger partial charge in [-0.25, -0.2) is 19.5 Å². The van der Waals surface area contributed by atoms with Crippen molar-refractivity contribution in [2.45, 2.75) is 13.8 Å². The molecule has 0 amide bonds. The monoisotopic (exact) mass is 1590 g/mol. The van der Waals surface area contributed by atoms with Crippen LogP contribution in [0.15, 0.2) is 195 Å². The third kappa shape index (κ3) is 11.8. The van der Waals surface area contributed by atoms with Crippen LogP contribution in [0.4, 0.5) is 0 Å². The molecule has 0 radical (unpaired) electrons. The molecule has 0 unspecified atom stereocenters. The number of halogens is 4. The maximum absolute atomic E-state index is 6.36. The molecule has 0 fully saturated rings. The number of pyridine rings is 8. The Hall–Kier alpha value is -4.79. The summed E-state index contributed by atoms with van der Waals surface area (Å²) in [5.74, 6) is 3.93. The van der Waals surface area contributed by atoms with E-state index in [1.165, 1.54) is 68.5 Å². The van der Waals surface area contributed by atoms with E-state index in [9.17, 15) is 0 Å². The van der Waals surface area contributed by atoms with E-state index in [2.05, 4.69) is 107 Å². The van der Waals surface area contributed by atoms with Crippen LogP contribution >= 0.6 is 37.7 Å². The zero-order valence-corrected chi connectivity index (χ0v) is 58.6. The molecule has 0 saturated heterocycles. The van der Waals surface area contributed by atoms with E-state index >= 15 is 0 Å². The van der Waals surface area contributed by atoms with Crippen LogP contribution in [-0.2, 0) is 33.0 Å². The maximum Gasteiger partial charge on any atom is 2.00 e. The van der Waals surface area contributed by atoms with Gasteiger partial charge in [0.15, 0.2) is 5.88 Å². The van der Waals surface area contributed by atoms with Crippen molar-refractivity contribution in [3.8, 4) is 34.9 Å². The summed E-state index contributed by atoms with van der Waals surface area (Å²) in [7, 11) is 20.0. The van der Waals surface area contributed by atoms with Gasteiger partial charge in [-0.05, 0) is 104 Å². The fourth-order valence-corrected chi connectivity index (χ4v) is 10.6. The van der Waals surface area contributed by atoms with E-state index in [-0.39, 0.29) is 21.1 Å². The summed E-state index contributed by atoms with van der Waals surface area (Å²) < 4.78 is 20.7. The van der Waals surface area contributed by atoms with Crippen LogP contribution in [-0.4, -0.2) is 121 Å². The molecule has 22 heteroatoms. The van der Waals surface area contributed by atoms with Gasteiger partial charge in [0.05, 0.1) is 33.3 Å². The average molecular weight is 1590 g/mol. The van der Waals surface area contributed by atoms with Crippen LogP contribution < -0.4 is 9.47 Å². The molecular formula is C62H38Cl4K2N12O2Pt2. The molecule has 0 aliphatic rings. The summed E-state index contributed by atoms with van der Waals surface area (Å²) in [5.41, 5.74) is 11.1. The Morgan fingerprint density at radius 2 is 1.00 bits per heavy atom. The van der Waals surface area contributed by atoms with Crippen molar-refractivity contribution in [3.63, 3.8) is 0 Å². The van der Waals surface area contributed by atoms with E-state index in [1.54, 1.807) is 18.6 Å². The first-order valence-corrected chi connectivity index (χ1v) is 53.4. The second-order valence-corrected chi connectivity index (χ2v) is 38.4. The molecule has 84 heavy (non-hydrogen) atoms. The minimum Gasteiger partial charge on any atom is 2.00 e. The van der Waals surface area contributed by atoms with Gasteiger partial charge in [-0.15, -0.1) is 17.5 Å². The van der Waals surface area contributed by atoms with Crippen LogP contribution in [0.25, 0.3) is 110 Å². The number of fused-ring (bicyclic) bond motifs is 18. The Labute approximate surface area is 557 Å². The number of hydrogen-bond donors (Lipinski definition) is 0. The van der Waals surface area contributed by atoms with Crippen LogP contribution in [0.2, 0.25) is 0 Å². The van der Waals surface area contributed by atoms with E-state index in [4.69, 9.17) is 62.2 Å². The van der Waals surface area contributed by atoms with Crippen molar-refractivity contribution < 1.29 is 42.4 Å². The fraction of sp³-hybridized carbons (Fsp3) is 0.0323.